The molecule has 1 unspecified atom stereocenters. The zero-order valence-electron chi connectivity index (χ0n) is 12.1. The van der Waals surface area contributed by atoms with Crippen LogP contribution in [0, 0.1) is 0 Å². The molecule has 2 N–H and O–H groups in total. The van der Waals surface area contributed by atoms with Gasteiger partial charge in [0.25, 0.3) is 10.0 Å². The van der Waals surface area contributed by atoms with Crippen LogP contribution in [0.3, 0.4) is 0 Å². The Balaban J connectivity index is 0.00000220. The van der Waals surface area contributed by atoms with Crippen molar-refractivity contribution in [2.45, 2.75) is 23.8 Å². The molecule has 0 bridgehead atoms. The number of hydrogen-bond acceptors (Lipinski definition) is 5. The van der Waals surface area contributed by atoms with Crippen LogP contribution in [0.2, 0.25) is 0 Å². The van der Waals surface area contributed by atoms with Gasteiger partial charge in [-0.15, -0.1) is 12.4 Å². The maximum Gasteiger partial charge on any atom is 0.250 e. The fourth-order valence-electron chi connectivity index (χ4n) is 2.39. The Kier molecular flexibility index (Phi) is 6.27. The van der Waals surface area contributed by atoms with Crippen molar-refractivity contribution in [3.8, 4) is 11.5 Å². The highest BCUT2D eigenvalue weighted by molar-refractivity contribution is 7.89. The number of benzene rings is 1. The van der Waals surface area contributed by atoms with Gasteiger partial charge in [-0.3, -0.25) is 0 Å². The van der Waals surface area contributed by atoms with Gasteiger partial charge in [-0.2, -0.15) is 4.31 Å². The van der Waals surface area contributed by atoms with E-state index in [0.717, 1.165) is 12.8 Å². The van der Waals surface area contributed by atoms with Crippen LogP contribution in [-0.2, 0) is 10.0 Å². The highest BCUT2D eigenvalue weighted by Crippen LogP contribution is 2.35. The first-order chi connectivity index (χ1) is 9.50. The molecule has 8 heteroatoms. The molecule has 21 heavy (non-hydrogen) atoms. The van der Waals surface area contributed by atoms with Crippen LogP contribution < -0.4 is 15.2 Å². The molecule has 0 saturated carbocycles. The number of methoxy groups -OCH3 is 2. The van der Waals surface area contributed by atoms with Gasteiger partial charge in [-0.05, 0) is 25.0 Å². The number of hydrogen-bond donors (Lipinski definition) is 1. The van der Waals surface area contributed by atoms with E-state index >= 15 is 0 Å². The molecular weight excluding hydrogens is 316 g/mol. The number of piperidine rings is 1. The van der Waals surface area contributed by atoms with E-state index in [4.69, 9.17) is 15.2 Å². The molecule has 1 saturated heterocycles. The third-order valence-corrected chi connectivity index (χ3v) is 5.33. The van der Waals surface area contributed by atoms with Crippen LogP contribution in [0.15, 0.2) is 23.1 Å². The minimum Gasteiger partial charge on any atom is -0.495 e. The van der Waals surface area contributed by atoms with Crippen molar-refractivity contribution in [1.29, 1.82) is 0 Å². The van der Waals surface area contributed by atoms with Gasteiger partial charge in [0.15, 0.2) is 4.90 Å². The Morgan fingerprint density at radius 2 is 1.81 bits per heavy atom. The first-order valence-electron chi connectivity index (χ1n) is 6.47. The Labute approximate surface area is 131 Å². The van der Waals surface area contributed by atoms with Crippen LogP contribution in [0.5, 0.6) is 11.5 Å². The summed E-state index contributed by atoms with van der Waals surface area (Å²) in [6.07, 6.45) is 1.60. The molecule has 0 spiro atoms. The number of rotatable bonds is 4. The van der Waals surface area contributed by atoms with Crippen LogP contribution in [0.25, 0.3) is 0 Å². The van der Waals surface area contributed by atoms with E-state index in [-0.39, 0.29) is 34.8 Å². The molecule has 0 aliphatic carbocycles. The lowest BCUT2D eigenvalue weighted by molar-refractivity contribution is 0.310. The number of ether oxygens (including phenoxy) is 2. The van der Waals surface area contributed by atoms with Gasteiger partial charge in [-0.25, -0.2) is 8.42 Å². The molecule has 1 aliphatic rings. The van der Waals surface area contributed by atoms with Gasteiger partial charge >= 0.3 is 0 Å². The molecule has 1 aromatic carbocycles. The highest BCUT2D eigenvalue weighted by Gasteiger charge is 2.33. The van der Waals surface area contributed by atoms with Gasteiger partial charge in [0.1, 0.15) is 11.5 Å². The smallest absolute Gasteiger partial charge is 0.250 e. The number of halogens is 1. The van der Waals surface area contributed by atoms with Gasteiger partial charge < -0.3 is 15.2 Å². The third-order valence-electron chi connectivity index (χ3n) is 3.40. The predicted octanol–water partition coefficient (Wildman–Crippen LogP) is 1.24. The number of nitrogens with zero attached hydrogens (tertiary/aromatic N) is 1. The minimum absolute atomic E-state index is 0. The van der Waals surface area contributed by atoms with Crippen molar-refractivity contribution in [1.82, 2.24) is 4.31 Å². The normalized spacial score (nSPS) is 19.7. The van der Waals surface area contributed by atoms with E-state index in [0.29, 0.717) is 13.1 Å². The van der Waals surface area contributed by atoms with Crippen LogP contribution in [-0.4, -0.2) is 46.1 Å². The molecule has 1 heterocycles. The summed E-state index contributed by atoms with van der Waals surface area (Å²) in [5.41, 5.74) is 5.87. The van der Waals surface area contributed by atoms with Gasteiger partial charge in [0.2, 0.25) is 0 Å². The number of nitrogens with two attached hydrogens (primary N) is 1. The molecule has 1 aromatic rings. The van der Waals surface area contributed by atoms with Gasteiger partial charge in [-0.1, -0.05) is 6.07 Å². The summed E-state index contributed by atoms with van der Waals surface area (Å²) in [5, 5.41) is 0. The zero-order chi connectivity index (χ0) is 14.8. The summed E-state index contributed by atoms with van der Waals surface area (Å²) in [5.74, 6) is 0.562. The summed E-state index contributed by atoms with van der Waals surface area (Å²) in [7, 11) is -0.797. The van der Waals surface area contributed by atoms with Crippen molar-refractivity contribution in [2.24, 2.45) is 5.73 Å². The summed E-state index contributed by atoms with van der Waals surface area (Å²) >= 11 is 0. The molecule has 1 atom stereocenters. The average Bonchev–Trinajstić information content (AvgIpc) is 2.46. The largest absolute Gasteiger partial charge is 0.495 e. The predicted molar refractivity (Wildman–Crippen MR) is 82.8 cm³/mol. The first kappa shape index (κ1) is 18.0. The van der Waals surface area contributed by atoms with Crippen molar-refractivity contribution in [2.75, 3.05) is 27.3 Å². The van der Waals surface area contributed by atoms with E-state index < -0.39 is 10.0 Å². The standard InChI is InChI=1S/C13H20N2O4S.ClH/c1-18-11-6-3-7-12(19-2)13(11)20(16,17)15-8-4-5-10(14)9-15;/h3,6-7,10H,4-5,8-9,14H2,1-2H3;1H. The van der Waals surface area contributed by atoms with Crippen molar-refractivity contribution < 1.29 is 17.9 Å². The van der Waals surface area contributed by atoms with E-state index in [1.807, 2.05) is 0 Å². The quantitative estimate of drug-likeness (QED) is 0.894. The van der Waals surface area contributed by atoms with Crippen molar-refractivity contribution >= 4 is 22.4 Å². The topological polar surface area (TPSA) is 81.9 Å². The Morgan fingerprint density at radius 1 is 1.24 bits per heavy atom. The fraction of sp³-hybridized carbons (Fsp3) is 0.538. The van der Waals surface area contributed by atoms with Crippen LogP contribution in [0.4, 0.5) is 0 Å². The molecule has 0 radical (unpaired) electrons. The van der Waals surface area contributed by atoms with E-state index in [1.165, 1.54) is 18.5 Å². The van der Waals surface area contributed by atoms with E-state index in [1.54, 1.807) is 18.2 Å². The number of sulfonamides is 1. The Morgan fingerprint density at radius 3 is 2.29 bits per heavy atom. The van der Waals surface area contributed by atoms with Gasteiger partial charge in [0, 0.05) is 19.1 Å². The third kappa shape index (κ3) is 3.60. The highest BCUT2D eigenvalue weighted by atomic mass is 35.5. The molecular formula is C13H21ClN2O4S. The lowest BCUT2D eigenvalue weighted by atomic mass is 10.1. The summed E-state index contributed by atoms with van der Waals surface area (Å²) < 4.78 is 37.4. The molecule has 1 fully saturated rings. The van der Waals surface area contributed by atoms with Crippen LogP contribution >= 0.6 is 12.4 Å². The molecule has 6 nitrogen and oxygen atoms in total. The monoisotopic (exact) mass is 336 g/mol. The Hall–Kier alpha value is -1.02. The van der Waals surface area contributed by atoms with Crippen molar-refractivity contribution in [3.05, 3.63) is 18.2 Å². The molecule has 120 valence electrons. The van der Waals surface area contributed by atoms with E-state index in [2.05, 4.69) is 0 Å². The lowest BCUT2D eigenvalue weighted by Crippen LogP contribution is -2.45. The van der Waals surface area contributed by atoms with Crippen molar-refractivity contribution in [3.63, 3.8) is 0 Å². The second kappa shape index (κ2) is 7.31. The Bertz CT molecular complexity index is 557. The maximum atomic E-state index is 12.8. The van der Waals surface area contributed by atoms with Crippen LogP contribution in [0.1, 0.15) is 12.8 Å². The molecule has 0 amide bonds. The average molecular weight is 337 g/mol. The second-order valence-corrected chi connectivity index (χ2v) is 6.63. The summed E-state index contributed by atoms with van der Waals surface area (Å²) in [6, 6.07) is 4.79. The van der Waals surface area contributed by atoms with Gasteiger partial charge in [0.05, 0.1) is 14.2 Å². The SMILES string of the molecule is COc1cccc(OC)c1S(=O)(=O)N1CCCC(N)C1.Cl. The summed E-state index contributed by atoms with van der Waals surface area (Å²) in [4.78, 5) is 0.0686. The fourth-order valence-corrected chi connectivity index (χ4v) is 4.22. The van der Waals surface area contributed by atoms with E-state index in [9.17, 15) is 8.42 Å². The molecule has 2 rings (SSSR count). The zero-order valence-corrected chi connectivity index (χ0v) is 13.7. The maximum absolute atomic E-state index is 12.8. The molecule has 0 aromatic heterocycles. The lowest BCUT2D eigenvalue weighted by Gasteiger charge is -2.30. The summed E-state index contributed by atoms with van der Waals surface area (Å²) in [6.45, 7) is 0.792. The molecule has 1 aliphatic heterocycles. The first-order valence-corrected chi connectivity index (χ1v) is 7.91. The second-order valence-electron chi connectivity index (χ2n) is 4.76. The minimum atomic E-state index is -3.68.